The van der Waals surface area contributed by atoms with Gasteiger partial charge in [-0.3, -0.25) is 9.88 Å². The number of hydrogen-bond acceptors (Lipinski definition) is 5. The van der Waals surface area contributed by atoms with Gasteiger partial charge >= 0.3 is 0 Å². The van der Waals surface area contributed by atoms with E-state index in [-0.39, 0.29) is 6.23 Å². The topological polar surface area (TPSA) is 46.6 Å². The summed E-state index contributed by atoms with van der Waals surface area (Å²) in [5, 5.41) is 4.60. The highest BCUT2D eigenvalue weighted by atomic mass is 16.5. The van der Waals surface area contributed by atoms with E-state index in [0.29, 0.717) is 6.04 Å². The minimum atomic E-state index is 0.112. The van der Waals surface area contributed by atoms with Crippen LogP contribution in [0.2, 0.25) is 0 Å². The van der Waals surface area contributed by atoms with E-state index in [1.165, 1.54) is 11.1 Å². The van der Waals surface area contributed by atoms with Crippen molar-refractivity contribution < 1.29 is 9.47 Å². The molecule has 1 N–H and O–H groups in total. The van der Waals surface area contributed by atoms with Crippen molar-refractivity contribution in [3.8, 4) is 5.75 Å². The molecule has 1 unspecified atom stereocenters. The number of benzene rings is 1. The Morgan fingerprint density at radius 1 is 1.30 bits per heavy atom. The van der Waals surface area contributed by atoms with Crippen LogP contribution in [0.5, 0.6) is 5.75 Å². The first-order valence-corrected chi connectivity index (χ1v) is 8.26. The number of nitrogens with one attached hydrogen (secondary N) is 1. The fourth-order valence-corrected chi connectivity index (χ4v) is 3.63. The van der Waals surface area contributed by atoms with Gasteiger partial charge in [-0.25, -0.2) is 0 Å². The number of hydrogen-bond donors (Lipinski definition) is 1. The minimum Gasteiger partial charge on any atom is -0.493 e. The molecule has 0 aliphatic carbocycles. The van der Waals surface area contributed by atoms with E-state index in [0.717, 1.165) is 49.3 Å². The third-order valence-electron chi connectivity index (χ3n) is 4.87. The molecule has 0 radical (unpaired) electrons. The zero-order chi connectivity index (χ0) is 15.8. The molecule has 2 atom stereocenters. The maximum Gasteiger partial charge on any atom is 0.124 e. The molecule has 0 amide bonds. The molecule has 1 aromatic heterocycles. The molecule has 5 nitrogen and oxygen atoms in total. The Morgan fingerprint density at radius 2 is 2.22 bits per heavy atom. The summed E-state index contributed by atoms with van der Waals surface area (Å²) in [6.45, 7) is 5.50. The van der Waals surface area contributed by atoms with Crippen molar-refractivity contribution in [2.24, 2.45) is 0 Å². The zero-order valence-corrected chi connectivity index (χ0v) is 13.7. The molecule has 122 valence electrons. The normalized spacial score (nSPS) is 25.1. The van der Waals surface area contributed by atoms with Gasteiger partial charge in [0.1, 0.15) is 12.0 Å². The van der Waals surface area contributed by atoms with Crippen molar-refractivity contribution in [1.82, 2.24) is 15.2 Å². The molecule has 3 heterocycles. The number of aromatic nitrogens is 1. The Labute approximate surface area is 136 Å². The predicted molar refractivity (Wildman–Crippen MR) is 89.6 cm³/mol. The molecule has 4 rings (SSSR count). The average Bonchev–Trinajstić information content (AvgIpc) is 2.54. The molecule has 2 aliphatic rings. The molecule has 2 aliphatic heterocycles. The van der Waals surface area contributed by atoms with Crippen molar-refractivity contribution in [2.75, 3.05) is 26.8 Å². The lowest BCUT2D eigenvalue weighted by Gasteiger charge is -2.43. The maximum atomic E-state index is 6.07. The Kier molecular flexibility index (Phi) is 3.93. The van der Waals surface area contributed by atoms with Gasteiger partial charge < -0.3 is 14.8 Å². The molecule has 1 fully saturated rings. The van der Waals surface area contributed by atoms with Crippen molar-refractivity contribution in [3.05, 3.63) is 35.5 Å². The van der Waals surface area contributed by atoms with Crippen LogP contribution in [0, 0.1) is 6.92 Å². The van der Waals surface area contributed by atoms with Gasteiger partial charge in [0.2, 0.25) is 0 Å². The molecule has 5 heteroatoms. The second-order valence-electron chi connectivity index (χ2n) is 6.48. The molecule has 0 bridgehead atoms. The highest BCUT2D eigenvalue weighted by molar-refractivity contribution is 5.81. The summed E-state index contributed by atoms with van der Waals surface area (Å²) in [6, 6.07) is 6.91. The molecule has 0 spiro atoms. The SMILES string of the molecule is CO[C@H]1CNCC2CCOc3cc4cc(C)cnc4cc3CN21. The Balaban J connectivity index is 1.74. The van der Waals surface area contributed by atoms with Gasteiger partial charge in [0, 0.05) is 49.9 Å². The quantitative estimate of drug-likeness (QED) is 0.873. The van der Waals surface area contributed by atoms with E-state index in [9.17, 15) is 0 Å². The van der Waals surface area contributed by atoms with E-state index < -0.39 is 0 Å². The molecule has 1 saturated heterocycles. The highest BCUT2D eigenvalue weighted by Crippen LogP contribution is 2.31. The Bertz CT molecular complexity index is 719. The third-order valence-corrected chi connectivity index (χ3v) is 4.87. The number of fused-ring (bicyclic) bond motifs is 3. The summed E-state index contributed by atoms with van der Waals surface area (Å²) >= 11 is 0. The van der Waals surface area contributed by atoms with Crippen molar-refractivity contribution in [1.29, 1.82) is 0 Å². The second kappa shape index (κ2) is 6.07. The molecular formula is C18H23N3O2. The van der Waals surface area contributed by atoms with Gasteiger partial charge in [-0.05, 0) is 37.1 Å². The lowest BCUT2D eigenvalue weighted by atomic mass is 10.0. The van der Waals surface area contributed by atoms with E-state index >= 15 is 0 Å². The smallest absolute Gasteiger partial charge is 0.124 e. The monoisotopic (exact) mass is 313 g/mol. The lowest BCUT2D eigenvalue weighted by molar-refractivity contribution is -0.0829. The number of nitrogens with zero attached hydrogens (tertiary/aromatic N) is 2. The molecule has 0 saturated carbocycles. The van der Waals surface area contributed by atoms with Crippen LogP contribution in [0.3, 0.4) is 0 Å². The highest BCUT2D eigenvalue weighted by Gasteiger charge is 2.32. The first kappa shape index (κ1) is 14.9. The third kappa shape index (κ3) is 2.80. The molecular weight excluding hydrogens is 290 g/mol. The lowest BCUT2D eigenvalue weighted by Crippen LogP contribution is -2.58. The fraction of sp³-hybridized carbons (Fsp3) is 0.500. The van der Waals surface area contributed by atoms with Crippen LogP contribution in [-0.2, 0) is 11.3 Å². The van der Waals surface area contributed by atoms with Crippen LogP contribution in [0.15, 0.2) is 24.4 Å². The number of piperazine rings is 1. The van der Waals surface area contributed by atoms with Crippen LogP contribution in [-0.4, -0.2) is 49.0 Å². The summed E-state index contributed by atoms with van der Waals surface area (Å²) in [5.41, 5.74) is 3.39. The van der Waals surface area contributed by atoms with Crippen LogP contribution < -0.4 is 10.1 Å². The van der Waals surface area contributed by atoms with Gasteiger partial charge in [0.25, 0.3) is 0 Å². The first-order valence-electron chi connectivity index (χ1n) is 8.26. The number of pyridine rings is 1. The number of ether oxygens (including phenoxy) is 2. The number of aryl methyl sites for hydroxylation is 1. The van der Waals surface area contributed by atoms with E-state index in [1.54, 1.807) is 7.11 Å². The minimum absolute atomic E-state index is 0.112. The number of rotatable bonds is 1. The predicted octanol–water partition coefficient (Wildman–Crippen LogP) is 2.07. The van der Waals surface area contributed by atoms with Gasteiger partial charge in [-0.1, -0.05) is 0 Å². The van der Waals surface area contributed by atoms with Gasteiger partial charge in [0.15, 0.2) is 0 Å². The Hall–Kier alpha value is -1.69. The largest absolute Gasteiger partial charge is 0.493 e. The first-order chi connectivity index (χ1) is 11.2. The number of methoxy groups -OCH3 is 1. The van der Waals surface area contributed by atoms with E-state index in [1.807, 2.05) is 6.20 Å². The fourth-order valence-electron chi connectivity index (χ4n) is 3.63. The van der Waals surface area contributed by atoms with E-state index in [4.69, 9.17) is 9.47 Å². The summed E-state index contributed by atoms with van der Waals surface area (Å²) in [4.78, 5) is 7.02. The summed E-state index contributed by atoms with van der Waals surface area (Å²) in [5.74, 6) is 0.983. The van der Waals surface area contributed by atoms with Crippen molar-refractivity contribution in [2.45, 2.75) is 32.2 Å². The summed E-state index contributed by atoms with van der Waals surface area (Å²) < 4.78 is 11.8. The maximum absolute atomic E-state index is 6.07. The Morgan fingerprint density at radius 3 is 3.09 bits per heavy atom. The zero-order valence-electron chi connectivity index (χ0n) is 13.7. The molecule has 1 aromatic carbocycles. The van der Waals surface area contributed by atoms with Gasteiger partial charge in [-0.15, -0.1) is 0 Å². The summed E-state index contributed by atoms with van der Waals surface area (Å²) in [6.07, 6.45) is 3.04. The molecule has 2 aromatic rings. The van der Waals surface area contributed by atoms with Crippen LogP contribution >= 0.6 is 0 Å². The van der Waals surface area contributed by atoms with Crippen molar-refractivity contribution in [3.63, 3.8) is 0 Å². The van der Waals surface area contributed by atoms with Gasteiger partial charge in [-0.2, -0.15) is 0 Å². The van der Waals surface area contributed by atoms with Crippen LogP contribution in [0.1, 0.15) is 17.5 Å². The summed E-state index contributed by atoms with van der Waals surface area (Å²) in [7, 11) is 1.79. The molecule has 23 heavy (non-hydrogen) atoms. The van der Waals surface area contributed by atoms with Crippen LogP contribution in [0.4, 0.5) is 0 Å². The second-order valence-corrected chi connectivity index (χ2v) is 6.48. The van der Waals surface area contributed by atoms with Gasteiger partial charge in [0.05, 0.1) is 12.1 Å². The standard InChI is InChI=1S/C18H23N3O2/c1-12-5-13-7-17-14(6-16(13)20-8-12)11-21-15(3-4-23-17)9-19-10-18(21)22-2/h5-8,15,18-19H,3-4,9-11H2,1-2H3/t15?,18-/m0/s1. The average molecular weight is 313 g/mol. The van der Waals surface area contributed by atoms with Crippen LogP contribution in [0.25, 0.3) is 10.9 Å². The van der Waals surface area contributed by atoms with Crippen molar-refractivity contribution >= 4 is 10.9 Å². The van der Waals surface area contributed by atoms with E-state index in [2.05, 4.69) is 40.3 Å².